The minimum Gasteiger partial charge on any atom is -0.374 e. The largest absolute Gasteiger partial charge is 0.374 e. The van der Waals surface area contributed by atoms with Gasteiger partial charge in [-0.1, -0.05) is 182 Å². The van der Waals surface area contributed by atoms with Gasteiger partial charge in [-0.2, -0.15) is 0 Å². The van der Waals surface area contributed by atoms with Gasteiger partial charge in [-0.05, 0) is 103 Å². The highest BCUT2D eigenvalue weighted by atomic mass is 14.9. The van der Waals surface area contributed by atoms with Crippen LogP contribution < -0.4 is 5.32 Å². The van der Waals surface area contributed by atoms with Crippen LogP contribution in [0.15, 0.2) is 218 Å². The number of pyridine rings is 1. The van der Waals surface area contributed by atoms with E-state index in [-0.39, 0.29) is 6.04 Å². The van der Waals surface area contributed by atoms with E-state index in [9.17, 15) is 0 Å². The lowest BCUT2D eigenvalue weighted by Gasteiger charge is -2.25. The van der Waals surface area contributed by atoms with Crippen LogP contribution in [-0.4, -0.2) is 4.98 Å². The van der Waals surface area contributed by atoms with Crippen molar-refractivity contribution in [2.45, 2.75) is 6.04 Å². The number of fused-ring (bicyclic) bond motifs is 3. The van der Waals surface area contributed by atoms with Gasteiger partial charge < -0.3 is 5.32 Å². The number of rotatable bonds is 7. The van der Waals surface area contributed by atoms with E-state index in [0.717, 1.165) is 22.5 Å². The van der Waals surface area contributed by atoms with Crippen molar-refractivity contribution in [1.29, 1.82) is 0 Å². The molecule has 0 saturated heterocycles. The standard InChI is InChI=1S/C54H38N2/c1-5-14-39(15-6-1)49-36-53(42-20-11-4-12-21-42)55-50-31-29-46-33-45(28-30-48(46)54(49)50)44-23-13-22-43(32-44)37-24-26-38(27-25-37)47-34-51(40-16-7-2-8-17-40)56-52(35-47)41-18-9-3-10-19-41/h1-36,51,56H. The van der Waals surface area contributed by atoms with Crippen LogP contribution in [0.5, 0.6) is 0 Å². The first-order valence-electron chi connectivity index (χ1n) is 19.2. The van der Waals surface area contributed by atoms with Crippen molar-refractivity contribution >= 4 is 32.9 Å². The molecule has 264 valence electrons. The van der Waals surface area contributed by atoms with Gasteiger partial charge in [0, 0.05) is 16.6 Å². The molecule has 0 amide bonds. The number of aromatic nitrogens is 1. The van der Waals surface area contributed by atoms with E-state index in [4.69, 9.17) is 4.98 Å². The van der Waals surface area contributed by atoms with Gasteiger partial charge in [0.1, 0.15) is 0 Å². The van der Waals surface area contributed by atoms with Crippen molar-refractivity contribution in [2.24, 2.45) is 0 Å². The van der Waals surface area contributed by atoms with E-state index < -0.39 is 0 Å². The van der Waals surface area contributed by atoms with Crippen molar-refractivity contribution in [3.63, 3.8) is 0 Å². The zero-order valence-corrected chi connectivity index (χ0v) is 30.8. The van der Waals surface area contributed by atoms with Crippen LogP contribution in [0.4, 0.5) is 0 Å². The molecule has 9 aromatic rings. The van der Waals surface area contributed by atoms with Crippen LogP contribution >= 0.6 is 0 Å². The Hall–Kier alpha value is -7.29. The zero-order valence-electron chi connectivity index (χ0n) is 30.8. The highest BCUT2D eigenvalue weighted by Crippen LogP contribution is 2.39. The third-order valence-electron chi connectivity index (χ3n) is 10.9. The van der Waals surface area contributed by atoms with E-state index in [1.807, 2.05) is 6.07 Å². The quantitative estimate of drug-likeness (QED) is 0.166. The van der Waals surface area contributed by atoms with Gasteiger partial charge in [-0.3, -0.25) is 0 Å². The maximum atomic E-state index is 5.17. The number of benzene rings is 8. The van der Waals surface area contributed by atoms with Crippen molar-refractivity contribution in [2.75, 3.05) is 0 Å². The lowest BCUT2D eigenvalue weighted by atomic mass is 9.91. The van der Waals surface area contributed by atoms with Gasteiger partial charge in [-0.25, -0.2) is 4.98 Å². The van der Waals surface area contributed by atoms with Gasteiger partial charge in [-0.15, -0.1) is 0 Å². The second kappa shape index (κ2) is 14.5. The van der Waals surface area contributed by atoms with E-state index in [1.165, 1.54) is 71.8 Å². The number of dihydropyridines is 1. The van der Waals surface area contributed by atoms with Crippen LogP contribution in [0.25, 0.3) is 77.6 Å². The average Bonchev–Trinajstić information content (AvgIpc) is 3.29. The summed E-state index contributed by atoms with van der Waals surface area (Å²) in [5.74, 6) is 0. The lowest BCUT2D eigenvalue weighted by molar-refractivity contribution is 0.767. The predicted octanol–water partition coefficient (Wildman–Crippen LogP) is 13.8. The number of allylic oxidation sites excluding steroid dienone is 2. The Morgan fingerprint density at radius 1 is 0.411 bits per heavy atom. The summed E-state index contributed by atoms with van der Waals surface area (Å²) in [6.07, 6.45) is 4.61. The maximum Gasteiger partial charge on any atom is 0.0722 e. The Bertz CT molecular complexity index is 2890. The van der Waals surface area contributed by atoms with Crippen molar-refractivity contribution in [3.8, 4) is 44.6 Å². The highest BCUT2D eigenvalue weighted by Gasteiger charge is 2.19. The van der Waals surface area contributed by atoms with E-state index in [1.54, 1.807) is 0 Å². The molecular formula is C54H38N2. The van der Waals surface area contributed by atoms with Gasteiger partial charge in [0.05, 0.1) is 17.3 Å². The summed E-state index contributed by atoms with van der Waals surface area (Å²) >= 11 is 0. The number of hydrogen-bond donors (Lipinski definition) is 1. The maximum absolute atomic E-state index is 5.17. The summed E-state index contributed by atoms with van der Waals surface area (Å²) < 4.78 is 0. The first kappa shape index (κ1) is 33.3. The molecule has 10 rings (SSSR count). The molecule has 0 bridgehead atoms. The molecule has 1 N–H and O–H groups in total. The van der Waals surface area contributed by atoms with Crippen LogP contribution in [0, 0.1) is 0 Å². The molecular weight excluding hydrogens is 677 g/mol. The minimum atomic E-state index is 0.0793. The first-order chi connectivity index (χ1) is 27.7. The fourth-order valence-corrected chi connectivity index (χ4v) is 8.02. The number of hydrogen-bond acceptors (Lipinski definition) is 2. The molecule has 0 saturated carbocycles. The average molecular weight is 715 g/mol. The van der Waals surface area contributed by atoms with Crippen molar-refractivity contribution < 1.29 is 0 Å². The molecule has 2 heteroatoms. The fraction of sp³-hybridized carbons (Fsp3) is 0.0185. The molecule has 0 radical (unpaired) electrons. The van der Waals surface area contributed by atoms with Crippen LogP contribution in [0.1, 0.15) is 22.7 Å². The van der Waals surface area contributed by atoms with Crippen molar-refractivity contribution in [1.82, 2.24) is 10.3 Å². The Labute approximate surface area is 327 Å². The van der Waals surface area contributed by atoms with Crippen LogP contribution in [0.3, 0.4) is 0 Å². The molecule has 0 aliphatic carbocycles. The summed E-state index contributed by atoms with van der Waals surface area (Å²) in [6, 6.07) is 73.8. The summed E-state index contributed by atoms with van der Waals surface area (Å²) in [5.41, 5.74) is 16.2. The molecule has 1 aliphatic rings. The first-order valence-corrected chi connectivity index (χ1v) is 19.2. The van der Waals surface area contributed by atoms with Crippen LogP contribution in [0.2, 0.25) is 0 Å². The SMILES string of the molecule is C1=C(c2ccc(-c3cccc(-c4ccc5c(ccc6nc(-c7ccccc7)cc(-c7ccccc7)c65)c4)c3)cc2)C=C(c2ccccc2)NC1c1ccccc1. The second-order valence-corrected chi connectivity index (χ2v) is 14.4. The number of nitrogens with zero attached hydrogens (tertiary/aromatic N) is 1. The molecule has 2 nitrogen and oxygen atoms in total. The molecule has 0 spiro atoms. The van der Waals surface area contributed by atoms with E-state index >= 15 is 0 Å². The smallest absolute Gasteiger partial charge is 0.0722 e. The van der Waals surface area contributed by atoms with Gasteiger partial charge in [0.25, 0.3) is 0 Å². The topological polar surface area (TPSA) is 24.9 Å². The predicted molar refractivity (Wildman–Crippen MR) is 236 cm³/mol. The Kier molecular flexibility index (Phi) is 8.62. The lowest BCUT2D eigenvalue weighted by Crippen LogP contribution is -2.21. The normalized spacial score (nSPS) is 13.9. The third kappa shape index (κ3) is 6.48. The van der Waals surface area contributed by atoms with E-state index in [0.29, 0.717) is 0 Å². The molecule has 8 aromatic carbocycles. The molecule has 1 unspecified atom stereocenters. The van der Waals surface area contributed by atoms with Gasteiger partial charge >= 0.3 is 0 Å². The van der Waals surface area contributed by atoms with Gasteiger partial charge in [0.15, 0.2) is 0 Å². The second-order valence-electron chi connectivity index (χ2n) is 14.4. The molecule has 2 heterocycles. The minimum absolute atomic E-state index is 0.0793. The molecule has 56 heavy (non-hydrogen) atoms. The third-order valence-corrected chi connectivity index (χ3v) is 10.9. The monoisotopic (exact) mass is 714 g/mol. The summed E-state index contributed by atoms with van der Waals surface area (Å²) in [7, 11) is 0. The Morgan fingerprint density at radius 2 is 0.982 bits per heavy atom. The summed E-state index contributed by atoms with van der Waals surface area (Å²) in [4.78, 5) is 5.17. The fourth-order valence-electron chi connectivity index (χ4n) is 8.02. The number of nitrogens with one attached hydrogen (secondary N) is 1. The Balaban J connectivity index is 0.988. The van der Waals surface area contributed by atoms with Gasteiger partial charge in [0.2, 0.25) is 0 Å². The summed E-state index contributed by atoms with van der Waals surface area (Å²) in [6.45, 7) is 0. The Morgan fingerprint density at radius 3 is 1.70 bits per heavy atom. The zero-order chi connectivity index (χ0) is 37.3. The highest BCUT2D eigenvalue weighted by molar-refractivity contribution is 6.14. The van der Waals surface area contributed by atoms with E-state index in [2.05, 4.69) is 218 Å². The van der Waals surface area contributed by atoms with Crippen molar-refractivity contribution in [3.05, 3.63) is 235 Å². The summed E-state index contributed by atoms with van der Waals surface area (Å²) in [5, 5.41) is 7.34. The molecule has 1 aromatic heterocycles. The molecule has 0 fully saturated rings. The molecule has 1 aliphatic heterocycles. The van der Waals surface area contributed by atoms with Crippen LogP contribution in [-0.2, 0) is 0 Å². The molecule has 1 atom stereocenters.